The molecule has 5 aromatic rings. The summed E-state index contributed by atoms with van der Waals surface area (Å²) >= 11 is 0. The van der Waals surface area contributed by atoms with Crippen molar-refractivity contribution in [3.63, 3.8) is 0 Å². The van der Waals surface area contributed by atoms with Gasteiger partial charge in [0.25, 0.3) is 11.6 Å². The smallest absolute Gasteiger partial charge is 0.259 e. The van der Waals surface area contributed by atoms with Gasteiger partial charge in [0.15, 0.2) is 0 Å². The van der Waals surface area contributed by atoms with E-state index in [0.29, 0.717) is 72.5 Å². The highest BCUT2D eigenvalue weighted by Crippen LogP contribution is 2.28. The average Bonchev–Trinajstić information content (AvgIpc) is 3.56. The predicted octanol–water partition coefficient (Wildman–Crippen LogP) is 4.21. The molecule has 0 N–H and O–H groups in total. The van der Waals surface area contributed by atoms with Crippen LogP contribution in [-0.2, 0) is 6.54 Å². The number of hydrogen-bond acceptors (Lipinski definition) is 8. The molecule has 0 unspecified atom stereocenters. The van der Waals surface area contributed by atoms with Crippen molar-refractivity contribution >= 4 is 17.0 Å². The van der Waals surface area contributed by atoms with Gasteiger partial charge in [0, 0.05) is 37.3 Å². The van der Waals surface area contributed by atoms with Crippen LogP contribution >= 0.6 is 0 Å². The molecule has 0 radical (unpaired) electrons. The van der Waals surface area contributed by atoms with E-state index in [0.717, 1.165) is 11.1 Å². The number of carbonyl (C=O) groups excluding carboxylic acids is 1. The lowest BCUT2D eigenvalue weighted by Gasteiger charge is -2.34. The van der Waals surface area contributed by atoms with Crippen molar-refractivity contribution in [2.45, 2.75) is 13.5 Å². The van der Waals surface area contributed by atoms with Crippen LogP contribution < -0.4 is 0 Å². The zero-order chi connectivity index (χ0) is 24.5. The molecule has 180 valence electrons. The molecule has 3 aromatic heterocycles. The van der Waals surface area contributed by atoms with Gasteiger partial charge in [0.2, 0.25) is 11.7 Å². The molecular weight excluding hydrogens is 456 g/mol. The van der Waals surface area contributed by atoms with E-state index in [4.69, 9.17) is 9.05 Å². The van der Waals surface area contributed by atoms with E-state index >= 15 is 0 Å². The maximum absolute atomic E-state index is 13.6. The predicted molar refractivity (Wildman–Crippen MR) is 133 cm³/mol. The monoisotopic (exact) mass is 480 g/mol. The third-order valence-electron chi connectivity index (χ3n) is 6.44. The van der Waals surface area contributed by atoms with E-state index < -0.39 is 0 Å². The molecule has 1 amide bonds. The van der Waals surface area contributed by atoms with Crippen LogP contribution in [0, 0.1) is 6.92 Å². The Hall–Kier alpha value is -4.37. The van der Waals surface area contributed by atoms with Crippen molar-refractivity contribution in [3.8, 4) is 22.6 Å². The molecule has 0 spiro atoms. The molecule has 0 bridgehead atoms. The summed E-state index contributed by atoms with van der Waals surface area (Å²) in [6.45, 7) is 4.97. The Labute approximate surface area is 207 Å². The number of nitrogens with zero attached hydrogens (tertiary/aromatic N) is 6. The van der Waals surface area contributed by atoms with E-state index in [1.54, 1.807) is 0 Å². The fourth-order valence-corrected chi connectivity index (χ4v) is 4.51. The summed E-state index contributed by atoms with van der Waals surface area (Å²) < 4.78 is 10.9. The fraction of sp³-hybridized carbons (Fsp3) is 0.222. The van der Waals surface area contributed by atoms with Crippen LogP contribution in [-0.4, -0.2) is 62.2 Å². The Balaban J connectivity index is 1.17. The average molecular weight is 481 g/mol. The maximum atomic E-state index is 13.6. The van der Waals surface area contributed by atoms with Gasteiger partial charge in [-0.2, -0.15) is 4.98 Å². The summed E-state index contributed by atoms with van der Waals surface area (Å²) in [6.07, 6.45) is 0. The third kappa shape index (κ3) is 4.25. The normalized spacial score (nSPS) is 14.4. The number of pyridine rings is 1. The molecular formula is C27H24N6O3. The zero-order valence-electron chi connectivity index (χ0n) is 19.8. The molecule has 1 aliphatic heterocycles. The SMILES string of the molecule is Cc1noc2nc(-c3ccccc3)cc(C(=O)N3CCN(Cc4nc(-c5ccccc5)no4)CC3)c12. The van der Waals surface area contributed by atoms with Crippen LogP contribution in [0.1, 0.15) is 21.9 Å². The Morgan fingerprint density at radius 2 is 1.56 bits per heavy atom. The summed E-state index contributed by atoms with van der Waals surface area (Å²) in [6, 6.07) is 21.4. The molecule has 1 saturated heterocycles. The molecule has 1 aliphatic rings. The van der Waals surface area contributed by atoms with Gasteiger partial charge in [0.05, 0.1) is 28.9 Å². The first-order valence-electron chi connectivity index (χ1n) is 11.9. The summed E-state index contributed by atoms with van der Waals surface area (Å²) in [5, 5.41) is 8.83. The van der Waals surface area contributed by atoms with Gasteiger partial charge < -0.3 is 13.9 Å². The molecule has 9 nitrogen and oxygen atoms in total. The second kappa shape index (κ2) is 9.35. The summed E-state index contributed by atoms with van der Waals surface area (Å²) in [5.41, 5.74) is 4.13. The summed E-state index contributed by atoms with van der Waals surface area (Å²) in [5.74, 6) is 1.10. The lowest BCUT2D eigenvalue weighted by atomic mass is 10.0. The Morgan fingerprint density at radius 1 is 0.861 bits per heavy atom. The van der Waals surface area contributed by atoms with Crippen molar-refractivity contribution in [2.75, 3.05) is 26.2 Å². The lowest BCUT2D eigenvalue weighted by molar-refractivity contribution is 0.0617. The first-order chi connectivity index (χ1) is 17.7. The van der Waals surface area contributed by atoms with Gasteiger partial charge in [-0.3, -0.25) is 9.69 Å². The molecule has 0 saturated carbocycles. The molecule has 0 aliphatic carbocycles. The number of aryl methyl sites for hydroxylation is 1. The van der Waals surface area contributed by atoms with Crippen LogP contribution in [0.3, 0.4) is 0 Å². The molecule has 9 heteroatoms. The number of carbonyl (C=O) groups is 1. The molecule has 6 rings (SSSR count). The second-order valence-corrected chi connectivity index (χ2v) is 8.82. The number of aromatic nitrogens is 4. The Morgan fingerprint density at radius 3 is 2.28 bits per heavy atom. The number of rotatable bonds is 5. The largest absolute Gasteiger partial charge is 0.338 e. The molecule has 2 aromatic carbocycles. The summed E-state index contributed by atoms with van der Waals surface area (Å²) in [7, 11) is 0. The number of piperazine rings is 1. The highest BCUT2D eigenvalue weighted by atomic mass is 16.5. The summed E-state index contributed by atoms with van der Waals surface area (Å²) in [4.78, 5) is 26.9. The van der Waals surface area contributed by atoms with Crippen molar-refractivity contribution in [2.24, 2.45) is 0 Å². The van der Waals surface area contributed by atoms with Crippen molar-refractivity contribution in [1.29, 1.82) is 0 Å². The highest BCUT2D eigenvalue weighted by Gasteiger charge is 2.27. The van der Waals surface area contributed by atoms with E-state index in [1.807, 2.05) is 78.6 Å². The van der Waals surface area contributed by atoms with Gasteiger partial charge in [-0.25, -0.2) is 4.98 Å². The van der Waals surface area contributed by atoms with Crippen LogP contribution in [0.15, 0.2) is 75.8 Å². The molecule has 4 heterocycles. The molecule has 36 heavy (non-hydrogen) atoms. The quantitative estimate of drug-likeness (QED) is 0.369. The van der Waals surface area contributed by atoms with Crippen LogP contribution in [0.4, 0.5) is 0 Å². The van der Waals surface area contributed by atoms with Crippen LogP contribution in [0.2, 0.25) is 0 Å². The first kappa shape index (κ1) is 22.1. The van der Waals surface area contributed by atoms with E-state index in [2.05, 4.69) is 25.2 Å². The van der Waals surface area contributed by atoms with Crippen molar-refractivity contribution in [1.82, 2.24) is 30.1 Å². The lowest BCUT2D eigenvalue weighted by Crippen LogP contribution is -2.48. The van der Waals surface area contributed by atoms with E-state index in [-0.39, 0.29) is 5.91 Å². The standard InChI is InChI=1S/C27H24N6O3/c1-18-24-21(16-22(28-26(24)36-30-18)19-8-4-2-5-9-19)27(34)33-14-12-32(13-15-33)17-23-29-25(31-35-23)20-10-6-3-7-11-20/h2-11,16H,12-15,17H2,1H3. The van der Waals surface area contributed by atoms with Crippen molar-refractivity contribution < 1.29 is 13.8 Å². The molecule has 1 fully saturated rings. The van der Waals surface area contributed by atoms with Gasteiger partial charge in [-0.15, -0.1) is 0 Å². The Bertz CT molecular complexity index is 1500. The minimum Gasteiger partial charge on any atom is -0.338 e. The van der Waals surface area contributed by atoms with Crippen LogP contribution in [0.5, 0.6) is 0 Å². The first-order valence-corrected chi connectivity index (χ1v) is 11.9. The van der Waals surface area contributed by atoms with Crippen LogP contribution in [0.25, 0.3) is 33.7 Å². The van der Waals surface area contributed by atoms with Gasteiger partial charge >= 0.3 is 0 Å². The van der Waals surface area contributed by atoms with Gasteiger partial charge in [0.1, 0.15) is 0 Å². The number of amides is 1. The van der Waals surface area contributed by atoms with Gasteiger partial charge in [-0.1, -0.05) is 71.0 Å². The zero-order valence-corrected chi connectivity index (χ0v) is 19.8. The third-order valence-corrected chi connectivity index (χ3v) is 6.44. The van der Waals surface area contributed by atoms with Crippen molar-refractivity contribution in [3.05, 3.63) is 83.9 Å². The van der Waals surface area contributed by atoms with Gasteiger partial charge in [-0.05, 0) is 13.0 Å². The fourth-order valence-electron chi connectivity index (χ4n) is 4.51. The maximum Gasteiger partial charge on any atom is 0.259 e. The minimum atomic E-state index is -0.0466. The Kier molecular flexibility index (Phi) is 5.74. The second-order valence-electron chi connectivity index (χ2n) is 8.82. The molecule has 0 atom stereocenters. The topological polar surface area (TPSA) is 101 Å². The number of hydrogen-bond donors (Lipinski definition) is 0. The highest BCUT2D eigenvalue weighted by molar-refractivity contribution is 6.07. The van der Waals surface area contributed by atoms with E-state index in [1.165, 1.54) is 0 Å². The number of fused-ring (bicyclic) bond motifs is 1. The number of benzene rings is 2. The minimum absolute atomic E-state index is 0.0466. The van der Waals surface area contributed by atoms with E-state index in [9.17, 15) is 4.79 Å².